The van der Waals surface area contributed by atoms with Crippen LogP contribution in [0.2, 0.25) is 0 Å². The molecule has 4 nitrogen and oxygen atoms in total. The molecule has 0 fully saturated rings. The molecular formula is C14H22N2O2S. The molecule has 0 bridgehead atoms. The molecule has 2 N–H and O–H groups in total. The van der Waals surface area contributed by atoms with Gasteiger partial charge in [-0.3, -0.25) is 0 Å². The van der Waals surface area contributed by atoms with Gasteiger partial charge in [-0.15, -0.1) is 0 Å². The summed E-state index contributed by atoms with van der Waals surface area (Å²) in [5.41, 5.74) is 8.60. The van der Waals surface area contributed by atoms with E-state index in [4.69, 9.17) is 5.73 Å². The Morgan fingerprint density at radius 1 is 1.32 bits per heavy atom. The SMILES string of the molecule is CC(C)(C)CS(=O)(=O)N1CCc2c(N)cccc2C1. The Balaban J connectivity index is 2.23. The van der Waals surface area contributed by atoms with Crippen molar-refractivity contribution in [3.8, 4) is 0 Å². The lowest BCUT2D eigenvalue weighted by Crippen LogP contribution is -2.40. The molecule has 0 saturated carbocycles. The van der Waals surface area contributed by atoms with Crippen LogP contribution in [-0.2, 0) is 23.0 Å². The van der Waals surface area contributed by atoms with Crippen molar-refractivity contribution in [2.45, 2.75) is 33.7 Å². The van der Waals surface area contributed by atoms with Crippen molar-refractivity contribution in [3.05, 3.63) is 29.3 Å². The molecule has 1 aliphatic heterocycles. The number of nitrogens with two attached hydrogens (primary N) is 1. The molecule has 5 heteroatoms. The summed E-state index contributed by atoms with van der Waals surface area (Å²) in [6.45, 7) is 6.81. The predicted molar refractivity (Wildman–Crippen MR) is 78.2 cm³/mol. The molecule has 2 rings (SSSR count). The van der Waals surface area contributed by atoms with E-state index in [1.807, 2.05) is 39.0 Å². The second-order valence-electron chi connectivity index (χ2n) is 6.39. The first-order valence-corrected chi connectivity index (χ1v) is 8.14. The fourth-order valence-electron chi connectivity index (χ4n) is 2.49. The average Bonchev–Trinajstić information content (AvgIpc) is 2.25. The van der Waals surface area contributed by atoms with E-state index in [0.717, 1.165) is 16.8 Å². The molecule has 1 heterocycles. The monoisotopic (exact) mass is 282 g/mol. The predicted octanol–water partition coefficient (Wildman–Crippen LogP) is 2.00. The Bertz CT molecular complexity index is 574. The summed E-state index contributed by atoms with van der Waals surface area (Å²) in [6.07, 6.45) is 0.700. The van der Waals surface area contributed by atoms with E-state index in [2.05, 4.69) is 0 Å². The molecule has 106 valence electrons. The third-order valence-corrected chi connectivity index (χ3v) is 5.61. The molecule has 0 spiro atoms. The Hall–Kier alpha value is -1.07. The van der Waals surface area contributed by atoms with Gasteiger partial charge in [-0.1, -0.05) is 32.9 Å². The molecule has 19 heavy (non-hydrogen) atoms. The second kappa shape index (κ2) is 4.80. The van der Waals surface area contributed by atoms with Gasteiger partial charge in [0.25, 0.3) is 0 Å². The standard InChI is InChI=1S/C14H22N2O2S/c1-14(2,3)10-19(17,18)16-8-7-12-11(9-16)5-4-6-13(12)15/h4-6H,7-10,15H2,1-3H3. The van der Waals surface area contributed by atoms with Gasteiger partial charge in [0.1, 0.15) is 0 Å². The minimum atomic E-state index is -3.20. The van der Waals surface area contributed by atoms with Crippen molar-refractivity contribution >= 4 is 15.7 Å². The van der Waals surface area contributed by atoms with Gasteiger partial charge in [-0.25, -0.2) is 8.42 Å². The number of hydrogen-bond acceptors (Lipinski definition) is 3. The highest BCUT2D eigenvalue weighted by molar-refractivity contribution is 7.89. The Morgan fingerprint density at radius 3 is 2.63 bits per heavy atom. The maximum atomic E-state index is 12.4. The minimum absolute atomic E-state index is 0.178. The maximum Gasteiger partial charge on any atom is 0.214 e. The highest BCUT2D eigenvalue weighted by atomic mass is 32.2. The summed E-state index contributed by atoms with van der Waals surface area (Å²) >= 11 is 0. The number of fused-ring (bicyclic) bond motifs is 1. The normalized spacial score (nSPS) is 17.2. The topological polar surface area (TPSA) is 63.4 Å². The first kappa shape index (κ1) is 14.3. The van der Waals surface area contributed by atoms with Gasteiger partial charge in [0.05, 0.1) is 5.75 Å². The van der Waals surface area contributed by atoms with Gasteiger partial charge in [0.15, 0.2) is 0 Å². The van der Waals surface area contributed by atoms with E-state index in [9.17, 15) is 8.42 Å². The van der Waals surface area contributed by atoms with Gasteiger partial charge < -0.3 is 5.73 Å². The number of hydrogen-bond donors (Lipinski definition) is 1. The first-order valence-electron chi connectivity index (χ1n) is 6.53. The van der Waals surface area contributed by atoms with E-state index in [-0.39, 0.29) is 11.2 Å². The second-order valence-corrected chi connectivity index (χ2v) is 8.35. The van der Waals surface area contributed by atoms with Crippen molar-refractivity contribution < 1.29 is 8.42 Å². The third-order valence-electron chi connectivity index (χ3n) is 3.28. The van der Waals surface area contributed by atoms with Crippen molar-refractivity contribution in [2.75, 3.05) is 18.0 Å². The summed E-state index contributed by atoms with van der Waals surface area (Å²) in [7, 11) is -3.20. The van der Waals surface area contributed by atoms with Gasteiger partial charge >= 0.3 is 0 Å². The summed E-state index contributed by atoms with van der Waals surface area (Å²) in [6, 6.07) is 5.72. The molecule has 0 amide bonds. The van der Waals surface area contributed by atoms with Crippen LogP contribution in [0.25, 0.3) is 0 Å². The molecule has 0 radical (unpaired) electrons. The molecular weight excluding hydrogens is 260 g/mol. The quantitative estimate of drug-likeness (QED) is 0.844. The number of sulfonamides is 1. The van der Waals surface area contributed by atoms with Crippen LogP contribution in [0.3, 0.4) is 0 Å². The van der Waals surface area contributed by atoms with Crippen LogP contribution in [0.15, 0.2) is 18.2 Å². The molecule has 0 aromatic heterocycles. The average molecular weight is 282 g/mol. The highest BCUT2D eigenvalue weighted by Crippen LogP contribution is 2.27. The molecule has 0 aliphatic carbocycles. The van der Waals surface area contributed by atoms with Crippen molar-refractivity contribution in [2.24, 2.45) is 5.41 Å². The number of anilines is 1. The summed E-state index contributed by atoms with van der Waals surface area (Å²) in [5.74, 6) is 0.178. The van der Waals surface area contributed by atoms with E-state index in [1.54, 1.807) is 4.31 Å². The van der Waals surface area contributed by atoms with Crippen LogP contribution in [0, 0.1) is 5.41 Å². The maximum absolute atomic E-state index is 12.4. The number of nitrogen functional groups attached to an aromatic ring is 1. The van der Waals surface area contributed by atoms with Crippen LogP contribution in [-0.4, -0.2) is 25.0 Å². The third kappa shape index (κ3) is 3.28. The number of nitrogens with zero attached hydrogens (tertiary/aromatic N) is 1. The van der Waals surface area contributed by atoms with Crippen LogP contribution >= 0.6 is 0 Å². The van der Waals surface area contributed by atoms with Crippen LogP contribution < -0.4 is 5.73 Å². The lowest BCUT2D eigenvalue weighted by molar-refractivity contribution is 0.373. The van der Waals surface area contributed by atoms with Crippen molar-refractivity contribution in [1.82, 2.24) is 4.31 Å². The van der Waals surface area contributed by atoms with Crippen LogP contribution in [0.1, 0.15) is 31.9 Å². The molecule has 1 aromatic rings. The smallest absolute Gasteiger partial charge is 0.214 e. The summed E-state index contributed by atoms with van der Waals surface area (Å²) < 4.78 is 26.4. The fraction of sp³-hybridized carbons (Fsp3) is 0.571. The molecule has 0 saturated heterocycles. The Kier molecular flexibility index (Phi) is 3.62. The van der Waals surface area contributed by atoms with E-state index < -0.39 is 10.0 Å². The van der Waals surface area contributed by atoms with Crippen molar-refractivity contribution in [1.29, 1.82) is 0 Å². The Labute approximate surface area is 115 Å². The Morgan fingerprint density at radius 2 is 2.00 bits per heavy atom. The minimum Gasteiger partial charge on any atom is -0.398 e. The molecule has 0 atom stereocenters. The van der Waals surface area contributed by atoms with Gasteiger partial charge in [-0.05, 0) is 29.0 Å². The van der Waals surface area contributed by atoms with Gasteiger partial charge in [0, 0.05) is 18.8 Å². The van der Waals surface area contributed by atoms with Gasteiger partial charge in [-0.2, -0.15) is 4.31 Å². The number of benzene rings is 1. The zero-order valence-electron chi connectivity index (χ0n) is 11.8. The lowest BCUT2D eigenvalue weighted by Gasteiger charge is -2.31. The van der Waals surface area contributed by atoms with E-state index in [1.165, 1.54) is 0 Å². The summed E-state index contributed by atoms with van der Waals surface area (Å²) in [4.78, 5) is 0. The lowest BCUT2D eigenvalue weighted by atomic mass is 9.99. The van der Waals surface area contributed by atoms with Gasteiger partial charge in [0.2, 0.25) is 10.0 Å². The summed E-state index contributed by atoms with van der Waals surface area (Å²) in [5, 5.41) is 0. The first-order chi connectivity index (χ1) is 8.69. The van der Waals surface area contributed by atoms with Crippen molar-refractivity contribution in [3.63, 3.8) is 0 Å². The van der Waals surface area contributed by atoms with Crippen LogP contribution in [0.5, 0.6) is 0 Å². The highest BCUT2D eigenvalue weighted by Gasteiger charge is 2.30. The van der Waals surface area contributed by atoms with E-state index in [0.29, 0.717) is 19.5 Å². The largest absolute Gasteiger partial charge is 0.398 e. The van der Waals surface area contributed by atoms with E-state index >= 15 is 0 Å². The molecule has 1 aromatic carbocycles. The molecule has 0 unspecified atom stereocenters. The fourth-order valence-corrected chi connectivity index (χ4v) is 4.47. The zero-order chi connectivity index (χ0) is 14.3. The van der Waals surface area contributed by atoms with Crippen LogP contribution in [0.4, 0.5) is 5.69 Å². The number of rotatable bonds is 2. The zero-order valence-corrected chi connectivity index (χ0v) is 12.6. The molecule has 1 aliphatic rings.